The lowest BCUT2D eigenvalue weighted by molar-refractivity contribution is 0.583. The van der Waals surface area contributed by atoms with E-state index >= 15 is 0 Å². The summed E-state index contributed by atoms with van der Waals surface area (Å²) in [6, 6.07) is 22.0. The van der Waals surface area contributed by atoms with Gasteiger partial charge in [0.05, 0.1) is 0 Å². The van der Waals surface area contributed by atoms with Gasteiger partial charge in [-0.1, -0.05) is 81.4 Å². The number of benzene rings is 3. The standard InChI is InChI=1S/C23H27N.ClH/c1-23(2,3)22-15-18-12-8-9-13-19(18)21(16-24-4)20(22)14-17-10-6-5-7-11-17;/h5-13,15,24H,14,16H2,1-4H3;1H. The van der Waals surface area contributed by atoms with Gasteiger partial charge in [0.1, 0.15) is 0 Å². The smallest absolute Gasteiger partial charge is 0.0211 e. The molecule has 0 spiro atoms. The largest absolute Gasteiger partial charge is 0.316 e. The summed E-state index contributed by atoms with van der Waals surface area (Å²) in [5, 5.41) is 6.08. The van der Waals surface area contributed by atoms with E-state index in [-0.39, 0.29) is 17.8 Å². The van der Waals surface area contributed by atoms with Gasteiger partial charge in [0.25, 0.3) is 0 Å². The van der Waals surface area contributed by atoms with Crippen LogP contribution in [0, 0.1) is 0 Å². The maximum absolute atomic E-state index is 3.38. The Kier molecular flexibility index (Phi) is 6.26. The van der Waals surface area contributed by atoms with Gasteiger partial charge < -0.3 is 5.32 Å². The lowest BCUT2D eigenvalue weighted by Gasteiger charge is -2.27. The minimum atomic E-state index is 0. The van der Waals surface area contributed by atoms with Crippen LogP contribution in [0.4, 0.5) is 0 Å². The molecule has 1 nitrogen and oxygen atoms in total. The van der Waals surface area contributed by atoms with Gasteiger partial charge in [-0.05, 0) is 51.9 Å². The van der Waals surface area contributed by atoms with Crippen molar-refractivity contribution >= 4 is 23.2 Å². The van der Waals surface area contributed by atoms with Crippen molar-refractivity contribution in [3.8, 4) is 0 Å². The van der Waals surface area contributed by atoms with Crippen LogP contribution in [-0.4, -0.2) is 7.05 Å². The molecule has 0 saturated carbocycles. The molecule has 0 radical (unpaired) electrons. The van der Waals surface area contributed by atoms with Gasteiger partial charge >= 0.3 is 0 Å². The van der Waals surface area contributed by atoms with E-state index in [1.165, 1.54) is 33.0 Å². The van der Waals surface area contributed by atoms with Gasteiger partial charge in [-0.3, -0.25) is 0 Å². The first-order valence-corrected chi connectivity index (χ1v) is 8.73. The Balaban J connectivity index is 0.00000225. The average molecular weight is 354 g/mol. The van der Waals surface area contributed by atoms with Crippen LogP contribution in [0.3, 0.4) is 0 Å². The van der Waals surface area contributed by atoms with Crippen molar-refractivity contribution in [3.63, 3.8) is 0 Å². The van der Waals surface area contributed by atoms with Gasteiger partial charge in [0.15, 0.2) is 0 Å². The van der Waals surface area contributed by atoms with E-state index in [4.69, 9.17) is 0 Å². The van der Waals surface area contributed by atoms with Crippen molar-refractivity contribution in [2.45, 2.75) is 39.2 Å². The van der Waals surface area contributed by atoms with Gasteiger partial charge in [-0.2, -0.15) is 0 Å². The third-order valence-electron chi connectivity index (χ3n) is 4.66. The quantitative estimate of drug-likeness (QED) is 0.618. The second-order valence-corrected chi connectivity index (χ2v) is 7.55. The summed E-state index contributed by atoms with van der Waals surface area (Å²) < 4.78 is 0. The Morgan fingerprint density at radius 2 is 1.48 bits per heavy atom. The SMILES string of the molecule is CNCc1c(Cc2ccccc2)c(C(C)(C)C)cc2ccccc12.Cl. The molecule has 0 aromatic heterocycles. The lowest BCUT2D eigenvalue weighted by atomic mass is 9.78. The Morgan fingerprint density at radius 1 is 0.840 bits per heavy atom. The molecule has 0 aliphatic carbocycles. The van der Waals surface area contributed by atoms with Crippen LogP contribution in [0.5, 0.6) is 0 Å². The molecule has 1 N–H and O–H groups in total. The Morgan fingerprint density at radius 3 is 2.12 bits per heavy atom. The summed E-state index contributed by atoms with van der Waals surface area (Å²) in [6.07, 6.45) is 0.981. The summed E-state index contributed by atoms with van der Waals surface area (Å²) in [5.41, 5.74) is 5.86. The summed E-state index contributed by atoms with van der Waals surface area (Å²) in [6.45, 7) is 7.84. The predicted molar refractivity (Wildman–Crippen MR) is 112 cm³/mol. The molecule has 0 heterocycles. The topological polar surface area (TPSA) is 12.0 Å². The summed E-state index contributed by atoms with van der Waals surface area (Å²) in [5.74, 6) is 0. The van der Waals surface area contributed by atoms with E-state index in [9.17, 15) is 0 Å². The first kappa shape index (κ1) is 19.5. The highest BCUT2D eigenvalue weighted by molar-refractivity contribution is 5.88. The van der Waals surface area contributed by atoms with E-state index < -0.39 is 0 Å². The normalized spacial score (nSPS) is 11.4. The van der Waals surface area contributed by atoms with Gasteiger partial charge in [-0.25, -0.2) is 0 Å². The molecule has 0 amide bonds. The molecule has 0 aliphatic rings. The van der Waals surface area contributed by atoms with Crippen LogP contribution in [0.2, 0.25) is 0 Å². The van der Waals surface area contributed by atoms with E-state index in [1.807, 2.05) is 7.05 Å². The molecule has 3 rings (SSSR count). The lowest BCUT2D eigenvalue weighted by Crippen LogP contribution is -2.18. The van der Waals surface area contributed by atoms with Crippen molar-refractivity contribution in [3.05, 3.63) is 82.9 Å². The van der Waals surface area contributed by atoms with E-state index in [2.05, 4.69) is 86.8 Å². The molecule has 25 heavy (non-hydrogen) atoms. The highest BCUT2D eigenvalue weighted by Crippen LogP contribution is 2.35. The van der Waals surface area contributed by atoms with E-state index in [0.29, 0.717) is 0 Å². The van der Waals surface area contributed by atoms with Crippen molar-refractivity contribution in [1.82, 2.24) is 5.32 Å². The number of halogens is 1. The second kappa shape index (κ2) is 8.03. The number of hydrogen-bond donors (Lipinski definition) is 1. The van der Waals surface area contributed by atoms with Crippen molar-refractivity contribution in [1.29, 1.82) is 0 Å². The Bertz CT molecular complexity index is 832. The van der Waals surface area contributed by atoms with Crippen LogP contribution in [0.15, 0.2) is 60.7 Å². The molecular formula is C23H28ClN. The minimum Gasteiger partial charge on any atom is -0.316 e. The Hall–Kier alpha value is -1.83. The van der Waals surface area contributed by atoms with Crippen LogP contribution in [0.25, 0.3) is 10.8 Å². The summed E-state index contributed by atoms with van der Waals surface area (Å²) in [4.78, 5) is 0. The molecule has 0 fully saturated rings. The second-order valence-electron chi connectivity index (χ2n) is 7.55. The van der Waals surface area contributed by atoms with Gasteiger partial charge in [0.2, 0.25) is 0 Å². The van der Waals surface area contributed by atoms with E-state index in [1.54, 1.807) is 0 Å². The van der Waals surface area contributed by atoms with Crippen molar-refractivity contribution in [2.75, 3.05) is 7.05 Å². The summed E-state index contributed by atoms with van der Waals surface area (Å²) >= 11 is 0. The molecule has 3 aromatic carbocycles. The van der Waals surface area contributed by atoms with Crippen LogP contribution in [-0.2, 0) is 18.4 Å². The fourth-order valence-electron chi connectivity index (χ4n) is 3.52. The molecule has 2 heteroatoms. The molecule has 3 aromatic rings. The van der Waals surface area contributed by atoms with Gasteiger partial charge in [-0.15, -0.1) is 12.4 Å². The van der Waals surface area contributed by atoms with Crippen molar-refractivity contribution in [2.24, 2.45) is 0 Å². The zero-order valence-corrected chi connectivity index (χ0v) is 16.4. The van der Waals surface area contributed by atoms with E-state index in [0.717, 1.165) is 13.0 Å². The monoisotopic (exact) mass is 353 g/mol. The van der Waals surface area contributed by atoms with Crippen molar-refractivity contribution < 1.29 is 0 Å². The number of nitrogens with one attached hydrogen (secondary N) is 1. The molecule has 132 valence electrons. The van der Waals surface area contributed by atoms with Crippen LogP contribution in [0.1, 0.15) is 43.0 Å². The molecule has 0 aliphatic heterocycles. The number of rotatable bonds is 4. The molecule has 0 saturated heterocycles. The third kappa shape index (κ3) is 4.23. The number of hydrogen-bond acceptors (Lipinski definition) is 1. The Labute approximate surface area is 157 Å². The van der Waals surface area contributed by atoms with Crippen LogP contribution >= 0.6 is 12.4 Å². The highest BCUT2D eigenvalue weighted by Gasteiger charge is 2.22. The predicted octanol–water partition coefficient (Wildman–Crippen LogP) is 5.87. The number of fused-ring (bicyclic) bond motifs is 1. The zero-order chi connectivity index (χ0) is 17.2. The third-order valence-corrected chi connectivity index (χ3v) is 4.66. The maximum atomic E-state index is 3.38. The first-order valence-electron chi connectivity index (χ1n) is 8.73. The summed E-state index contributed by atoms with van der Waals surface area (Å²) in [7, 11) is 2.03. The average Bonchev–Trinajstić information content (AvgIpc) is 2.56. The maximum Gasteiger partial charge on any atom is 0.0211 e. The zero-order valence-electron chi connectivity index (χ0n) is 15.6. The first-order chi connectivity index (χ1) is 11.5. The molecule has 0 atom stereocenters. The fraction of sp³-hybridized carbons (Fsp3) is 0.304. The highest BCUT2D eigenvalue weighted by atomic mass is 35.5. The fourth-order valence-corrected chi connectivity index (χ4v) is 3.52. The molecule has 0 unspecified atom stereocenters. The minimum absolute atomic E-state index is 0. The molecule has 0 bridgehead atoms. The molecular weight excluding hydrogens is 326 g/mol. The van der Waals surface area contributed by atoms with Gasteiger partial charge in [0, 0.05) is 6.54 Å². The van der Waals surface area contributed by atoms with Crippen LogP contribution < -0.4 is 5.32 Å².